The fraction of sp³-hybridized carbons (Fsp3) is 0.353. The second-order valence-corrected chi connectivity index (χ2v) is 6.48. The molecule has 0 spiro atoms. The standard InChI is InChI=1S/C17H19N3S/c1-2-7-19(6-1)8-9-20-17-11-14(16-5-10-21-13-16)3-4-15(17)12-18-20/h3-5,10-13H,1-2,6-9H2. The van der Waals surface area contributed by atoms with Crippen LogP contribution in [0, 0.1) is 0 Å². The van der Waals surface area contributed by atoms with Crippen molar-refractivity contribution in [2.24, 2.45) is 0 Å². The first-order valence-electron chi connectivity index (χ1n) is 7.61. The Morgan fingerprint density at radius 2 is 1.95 bits per heavy atom. The van der Waals surface area contributed by atoms with Gasteiger partial charge in [-0.1, -0.05) is 12.1 Å². The third kappa shape index (κ3) is 2.61. The van der Waals surface area contributed by atoms with E-state index in [-0.39, 0.29) is 0 Å². The highest BCUT2D eigenvalue weighted by Gasteiger charge is 2.12. The van der Waals surface area contributed by atoms with E-state index in [0.717, 1.165) is 13.1 Å². The molecule has 0 atom stereocenters. The number of thiophene rings is 1. The molecular formula is C17H19N3S. The van der Waals surface area contributed by atoms with Gasteiger partial charge >= 0.3 is 0 Å². The van der Waals surface area contributed by atoms with E-state index in [1.54, 1.807) is 11.3 Å². The molecule has 21 heavy (non-hydrogen) atoms. The molecule has 4 rings (SSSR count). The molecule has 0 N–H and O–H groups in total. The van der Waals surface area contributed by atoms with Gasteiger partial charge in [0.15, 0.2) is 0 Å². The number of fused-ring (bicyclic) bond motifs is 1. The van der Waals surface area contributed by atoms with Gasteiger partial charge in [-0.15, -0.1) is 0 Å². The predicted octanol–water partition coefficient (Wildman–Crippen LogP) is 3.86. The van der Waals surface area contributed by atoms with Crippen molar-refractivity contribution in [3.63, 3.8) is 0 Å². The van der Waals surface area contributed by atoms with E-state index in [2.05, 4.69) is 49.7 Å². The van der Waals surface area contributed by atoms with E-state index < -0.39 is 0 Å². The summed E-state index contributed by atoms with van der Waals surface area (Å²) in [7, 11) is 0. The van der Waals surface area contributed by atoms with Gasteiger partial charge in [0.05, 0.1) is 18.3 Å². The minimum Gasteiger partial charge on any atom is -0.301 e. The lowest BCUT2D eigenvalue weighted by Crippen LogP contribution is -2.24. The quantitative estimate of drug-likeness (QED) is 0.729. The van der Waals surface area contributed by atoms with Crippen molar-refractivity contribution in [1.82, 2.24) is 14.7 Å². The molecule has 0 bridgehead atoms. The smallest absolute Gasteiger partial charge is 0.0689 e. The zero-order chi connectivity index (χ0) is 14.1. The van der Waals surface area contributed by atoms with Gasteiger partial charge < -0.3 is 4.90 Å². The Kier molecular flexibility index (Phi) is 3.49. The first-order valence-corrected chi connectivity index (χ1v) is 8.55. The SMILES string of the molecule is c1cc(-c2ccc3cnn(CCN4CCCC4)c3c2)cs1. The highest BCUT2D eigenvalue weighted by molar-refractivity contribution is 7.08. The number of benzene rings is 1. The van der Waals surface area contributed by atoms with Crippen LogP contribution in [0.1, 0.15) is 12.8 Å². The third-order valence-corrected chi connectivity index (χ3v) is 5.01. The molecular weight excluding hydrogens is 278 g/mol. The molecule has 0 radical (unpaired) electrons. The molecule has 1 saturated heterocycles. The molecule has 1 fully saturated rings. The molecule has 1 aliphatic rings. The molecule has 4 heteroatoms. The van der Waals surface area contributed by atoms with E-state index in [1.807, 2.05) is 6.20 Å². The molecule has 3 aromatic rings. The van der Waals surface area contributed by atoms with Crippen LogP contribution in [0.4, 0.5) is 0 Å². The fourth-order valence-electron chi connectivity index (χ4n) is 3.10. The Morgan fingerprint density at radius 3 is 2.76 bits per heavy atom. The number of nitrogens with zero attached hydrogens (tertiary/aromatic N) is 3. The highest BCUT2D eigenvalue weighted by atomic mass is 32.1. The number of likely N-dealkylation sites (tertiary alicyclic amines) is 1. The van der Waals surface area contributed by atoms with Crippen molar-refractivity contribution >= 4 is 22.2 Å². The number of aromatic nitrogens is 2. The summed E-state index contributed by atoms with van der Waals surface area (Å²) in [6.45, 7) is 4.59. The summed E-state index contributed by atoms with van der Waals surface area (Å²) < 4.78 is 2.16. The summed E-state index contributed by atoms with van der Waals surface area (Å²) in [6, 6.07) is 8.82. The molecule has 3 heterocycles. The van der Waals surface area contributed by atoms with Crippen LogP contribution in [0.5, 0.6) is 0 Å². The van der Waals surface area contributed by atoms with Crippen molar-refractivity contribution in [2.75, 3.05) is 19.6 Å². The normalized spacial score (nSPS) is 16.0. The van der Waals surface area contributed by atoms with Crippen molar-refractivity contribution in [3.05, 3.63) is 41.2 Å². The first-order chi connectivity index (χ1) is 10.4. The van der Waals surface area contributed by atoms with Gasteiger partial charge in [0.2, 0.25) is 0 Å². The molecule has 1 aromatic carbocycles. The van der Waals surface area contributed by atoms with Gasteiger partial charge in [-0.2, -0.15) is 16.4 Å². The van der Waals surface area contributed by atoms with Gasteiger partial charge in [-0.05, 0) is 60.0 Å². The topological polar surface area (TPSA) is 21.1 Å². The molecule has 0 aliphatic carbocycles. The first kappa shape index (κ1) is 13.0. The summed E-state index contributed by atoms with van der Waals surface area (Å²) in [6.07, 6.45) is 4.68. The van der Waals surface area contributed by atoms with Crippen molar-refractivity contribution in [1.29, 1.82) is 0 Å². The van der Waals surface area contributed by atoms with Crippen LogP contribution in [-0.2, 0) is 6.54 Å². The van der Waals surface area contributed by atoms with Gasteiger partial charge in [0.25, 0.3) is 0 Å². The van der Waals surface area contributed by atoms with Gasteiger partial charge in [0.1, 0.15) is 0 Å². The lowest BCUT2D eigenvalue weighted by molar-refractivity contribution is 0.318. The van der Waals surface area contributed by atoms with E-state index in [4.69, 9.17) is 0 Å². The van der Waals surface area contributed by atoms with Crippen molar-refractivity contribution in [3.8, 4) is 11.1 Å². The zero-order valence-electron chi connectivity index (χ0n) is 12.0. The van der Waals surface area contributed by atoms with Gasteiger partial charge in [-0.3, -0.25) is 4.68 Å². The lowest BCUT2D eigenvalue weighted by atomic mass is 10.1. The predicted molar refractivity (Wildman–Crippen MR) is 88.7 cm³/mol. The van der Waals surface area contributed by atoms with Crippen LogP contribution in [0.3, 0.4) is 0 Å². The summed E-state index contributed by atoms with van der Waals surface area (Å²) in [4.78, 5) is 2.54. The maximum absolute atomic E-state index is 4.57. The van der Waals surface area contributed by atoms with E-state index in [1.165, 1.54) is 48.0 Å². The maximum atomic E-state index is 4.57. The fourth-order valence-corrected chi connectivity index (χ4v) is 3.76. The van der Waals surface area contributed by atoms with Crippen LogP contribution < -0.4 is 0 Å². The number of hydrogen-bond donors (Lipinski definition) is 0. The Balaban J connectivity index is 1.61. The summed E-state index contributed by atoms with van der Waals surface area (Å²) in [5.74, 6) is 0. The molecule has 3 nitrogen and oxygen atoms in total. The molecule has 0 amide bonds. The summed E-state index contributed by atoms with van der Waals surface area (Å²) in [5.41, 5.74) is 3.83. The van der Waals surface area contributed by atoms with Crippen molar-refractivity contribution in [2.45, 2.75) is 19.4 Å². The Hall–Kier alpha value is -1.65. The molecule has 2 aromatic heterocycles. The lowest BCUT2D eigenvalue weighted by Gasteiger charge is -2.14. The second-order valence-electron chi connectivity index (χ2n) is 5.70. The molecule has 108 valence electrons. The largest absolute Gasteiger partial charge is 0.301 e. The average molecular weight is 297 g/mol. The molecule has 1 aliphatic heterocycles. The van der Waals surface area contributed by atoms with Gasteiger partial charge in [0, 0.05) is 11.9 Å². The Morgan fingerprint density at radius 1 is 1.05 bits per heavy atom. The van der Waals surface area contributed by atoms with Crippen LogP contribution in [0.15, 0.2) is 41.2 Å². The Bertz CT molecular complexity index is 724. The van der Waals surface area contributed by atoms with E-state index in [0.29, 0.717) is 0 Å². The molecule has 0 unspecified atom stereocenters. The summed E-state index contributed by atoms with van der Waals surface area (Å²) >= 11 is 1.74. The van der Waals surface area contributed by atoms with Crippen LogP contribution in [0.25, 0.3) is 22.0 Å². The van der Waals surface area contributed by atoms with Crippen LogP contribution in [0.2, 0.25) is 0 Å². The number of hydrogen-bond acceptors (Lipinski definition) is 3. The van der Waals surface area contributed by atoms with Crippen molar-refractivity contribution < 1.29 is 0 Å². The third-order valence-electron chi connectivity index (χ3n) is 4.33. The van der Waals surface area contributed by atoms with Crippen LogP contribution in [-0.4, -0.2) is 34.3 Å². The minimum atomic E-state index is 0.983. The monoisotopic (exact) mass is 297 g/mol. The summed E-state index contributed by atoms with van der Waals surface area (Å²) in [5, 5.41) is 10.1. The number of rotatable bonds is 4. The second kappa shape index (κ2) is 5.62. The van der Waals surface area contributed by atoms with Crippen LogP contribution >= 0.6 is 11.3 Å². The highest BCUT2D eigenvalue weighted by Crippen LogP contribution is 2.26. The molecule has 0 saturated carbocycles. The Labute approximate surface area is 128 Å². The van der Waals surface area contributed by atoms with Gasteiger partial charge in [-0.25, -0.2) is 0 Å². The maximum Gasteiger partial charge on any atom is 0.0689 e. The zero-order valence-corrected chi connectivity index (χ0v) is 12.9. The average Bonchev–Trinajstić information content (AvgIpc) is 3.25. The minimum absolute atomic E-state index is 0.983. The van der Waals surface area contributed by atoms with E-state index in [9.17, 15) is 0 Å². The van der Waals surface area contributed by atoms with E-state index >= 15 is 0 Å².